The maximum absolute atomic E-state index is 11.8. The first-order valence-electron chi connectivity index (χ1n) is 8.34. The SMILES string of the molecule is COc1ccc(C)c(C2(O)CC3CCC(C)(C3)C2N(C)C)c1. The molecule has 0 heterocycles. The summed E-state index contributed by atoms with van der Waals surface area (Å²) in [5.74, 6) is 1.46. The van der Waals surface area contributed by atoms with Gasteiger partial charge in [-0.1, -0.05) is 13.0 Å². The zero-order valence-corrected chi connectivity index (χ0v) is 14.5. The van der Waals surface area contributed by atoms with E-state index >= 15 is 0 Å². The zero-order chi connectivity index (χ0) is 16.1. The third-order valence-electron chi connectivity index (χ3n) is 6.02. The lowest BCUT2D eigenvalue weighted by molar-refractivity contribution is -0.121. The van der Waals surface area contributed by atoms with Crippen LogP contribution < -0.4 is 4.74 Å². The molecule has 22 heavy (non-hydrogen) atoms. The van der Waals surface area contributed by atoms with E-state index in [1.54, 1.807) is 7.11 Å². The van der Waals surface area contributed by atoms with Crippen LogP contribution in [0.4, 0.5) is 0 Å². The minimum Gasteiger partial charge on any atom is -0.497 e. The van der Waals surface area contributed by atoms with Crippen LogP contribution in [0.2, 0.25) is 0 Å². The van der Waals surface area contributed by atoms with Gasteiger partial charge in [0.25, 0.3) is 0 Å². The number of fused-ring (bicyclic) bond motifs is 2. The zero-order valence-electron chi connectivity index (χ0n) is 14.5. The van der Waals surface area contributed by atoms with Crippen molar-refractivity contribution in [3.05, 3.63) is 29.3 Å². The fourth-order valence-electron chi connectivity index (χ4n) is 5.45. The first-order chi connectivity index (χ1) is 10.3. The molecular weight excluding hydrogens is 274 g/mol. The van der Waals surface area contributed by atoms with Crippen LogP contribution in [0.1, 0.15) is 43.7 Å². The summed E-state index contributed by atoms with van der Waals surface area (Å²) >= 11 is 0. The Morgan fingerprint density at radius 2 is 2.00 bits per heavy atom. The highest BCUT2D eigenvalue weighted by Crippen LogP contribution is 2.59. The molecule has 4 atom stereocenters. The highest BCUT2D eigenvalue weighted by Gasteiger charge is 2.58. The highest BCUT2D eigenvalue weighted by molar-refractivity contribution is 5.41. The summed E-state index contributed by atoms with van der Waals surface area (Å²) in [6, 6.07) is 6.23. The molecule has 0 aromatic heterocycles. The average Bonchev–Trinajstić information content (AvgIpc) is 2.74. The maximum atomic E-state index is 11.8. The maximum Gasteiger partial charge on any atom is 0.119 e. The summed E-state index contributed by atoms with van der Waals surface area (Å²) in [6.45, 7) is 4.45. The van der Waals surface area contributed by atoms with Crippen LogP contribution in [0, 0.1) is 18.3 Å². The Labute approximate surface area is 134 Å². The molecule has 1 aromatic rings. The number of rotatable bonds is 3. The predicted molar refractivity (Wildman–Crippen MR) is 89.2 cm³/mol. The van der Waals surface area contributed by atoms with Gasteiger partial charge < -0.3 is 14.7 Å². The van der Waals surface area contributed by atoms with E-state index < -0.39 is 5.60 Å². The summed E-state index contributed by atoms with van der Waals surface area (Å²) in [5.41, 5.74) is 1.59. The number of likely N-dealkylation sites (N-methyl/N-ethyl adjacent to an activating group) is 1. The first kappa shape index (κ1) is 15.8. The van der Waals surface area contributed by atoms with Crippen molar-refractivity contribution in [1.29, 1.82) is 0 Å². The minimum absolute atomic E-state index is 0.143. The number of hydrogen-bond acceptors (Lipinski definition) is 3. The quantitative estimate of drug-likeness (QED) is 0.929. The standard InChI is InChI=1S/C19H29NO2/c1-13-6-7-15(22-5)10-16(13)19(21)12-14-8-9-18(2,11-14)17(19)20(3)4/h6-7,10,14,17,21H,8-9,11-12H2,1-5H3. The second kappa shape index (κ2) is 5.24. The van der Waals surface area contributed by atoms with Crippen molar-refractivity contribution in [2.24, 2.45) is 11.3 Å². The summed E-state index contributed by atoms with van der Waals surface area (Å²) in [6.07, 6.45) is 4.55. The largest absolute Gasteiger partial charge is 0.497 e. The third kappa shape index (κ3) is 2.26. The van der Waals surface area contributed by atoms with Crippen molar-refractivity contribution in [2.75, 3.05) is 21.2 Å². The molecule has 0 aliphatic heterocycles. The second-order valence-corrected chi connectivity index (χ2v) is 7.94. The van der Waals surface area contributed by atoms with E-state index in [0.29, 0.717) is 5.92 Å². The molecule has 3 heteroatoms. The molecule has 2 bridgehead atoms. The normalized spacial score (nSPS) is 37.6. The molecule has 2 aliphatic carbocycles. The van der Waals surface area contributed by atoms with Crippen LogP contribution in [0.5, 0.6) is 5.75 Å². The van der Waals surface area contributed by atoms with Crippen LogP contribution >= 0.6 is 0 Å². The van der Waals surface area contributed by atoms with Gasteiger partial charge in [-0.2, -0.15) is 0 Å². The number of aliphatic hydroxyl groups is 1. The Hall–Kier alpha value is -1.06. The van der Waals surface area contributed by atoms with Crippen molar-refractivity contribution in [3.63, 3.8) is 0 Å². The molecule has 3 rings (SSSR count). The molecule has 0 saturated heterocycles. The van der Waals surface area contributed by atoms with Crippen LogP contribution in [0.3, 0.4) is 0 Å². The number of ether oxygens (including phenoxy) is 1. The predicted octanol–water partition coefficient (Wildman–Crippen LogP) is 3.33. The van der Waals surface area contributed by atoms with Crippen molar-refractivity contribution in [3.8, 4) is 5.75 Å². The van der Waals surface area contributed by atoms with Gasteiger partial charge >= 0.3 is 0 Å². The van der Waals surface area contributed by atoms with E-state index in [2.05, 4.69) is 38.9 Å². The molecular formula is C19H29NO2. The minimum atomic E-state index is -0.795. The fraction of sp³-hybridized carbons (Fsp3) is 0.684. The molecule has 0 spiro atoms. The van der Waals surface area contributed by atoms with Crippen LogP contribution in [0.25, 0.3) is 0 Å². The molecule has 2 saturated carbocycles. The number of methoxy groups -OCH3 is 1. The lowest BCUT2D eigenvalue weighted by atomic mass is 9.62. The average molecular weight is 303 g/mol. The number of benzene rings is 1. The molecule has 122 valence electrons. The summed E-state index contributed by atoms with van der Waals surface area (Å²) < 4.78 is 5.41. The Morgan fingerprint density at radius 3 is 2.64 bits per heavy atom. The van der Waals surface area contributed by atoms with Gasteiger partial charge in [-0.25, -0.2) is 0 Å². The van der Waals surface area contributed by atoms with Crippen LogP contribution in [0.15, 0.2) is 18.2 Å². The summed E-state index contributed by atoms with van der Waals surface area (Å²) in [7, 11) is 5.90. The van der Waals surface area contributed by atoms with Crippen molar-refractivity contribution in [1.82, 2.24) is 4.90 Å². The van der Waals surface area contributed by atoms with Crippen molar-refractivity contribution < 1.29 is 9.84 Å². The van der Waals surface area contributed by atoms with Crippen LogP contribution in [-0.2, 0) is 5.60 Å². The van der Waals surface area contributed by atoms with Gasteiger partial charge in [0.15, 0.2) is 0 Å². The van der Waals surface area contributed by atoms with Crippen molar-refractivity contribution in [2.45, 2.75) is 51.2 Å². The monoisotopic (exact) mass is 303 g/mol. The first-order valence-corrected chi connectivity index (χ1v) is 8.34. The highest BCUT2D eigenvalue weighted by atomic mass is 16.5. The van der Waals surface area contributed by atoms with Gasteiger partial charge in [-0.05, 0) is 81.3 Å². The molecule has 1 aromatic carbocycles. The van der Waals surface area contributed by atoms with Gasteiger partial charge in [0.05, 0.1) is 7.11 Å². The second-order valence-electron chi connectivity index (χ2n) is 7.94. The molecule has 4 unspecified atom stereocenters. The van der Waals surface area contributed by atoms with Crippen LogP contribution in [-0.4, -0.2) is 37.3 Å². The van der Waals surface area contributed by atoms with E-state index in [1.165, 1.54) is 19.3 Å². The Morgan fingerprint density at radius 1 is 1.27 bits per heavy atom. The Bertz CT molecular complexity index is 571. The Balaban J connectivity index is 2.13. The van der Waals surface area contributed by atoms with E-state index in [4.69, 9.17) is 4.74 Å². The number of aryl methyl sites for hydroxylation is 1. The van der Waals surface area contributed by atoms with Gasteiger partial charge in [0.2, 0.25) is 0 Å². The topological polar surface area (TPSA) is 32.7 Å². The molecule has 0 radical (unpaired) electrons. The molecule has 0 amide bonds. The van der Waals surface area contributed by atoms with E-state index in [0.717, 1.165) is 23.3 Å². The lowest BCUT2D eigenvalue weighted by Gasteiger charge is -2.53. The molecule has 2 aliphatic rings. The smallest absolute Gasteiger partial charge is 0.119 e. The van der Waals surface area contributed by atoms with Gasteiger partial charge in [0, 0.05) is 6.04 Å². The summed E-state index contributed by atoms with van der Waals surface area (Å²) in [4.78, 5) is 2.24. The van der Waals surface area contributed by atoms with E-state index in [9.17, 15) is 5.11 Å². The molecule has 1 N–H and O–H groups in total. The summed E-state index contributed by atoms with van der Waals surface area (Å²) in [5, 5.41) is 11.8. The third-order valence-corrected chi connectivity index (χ3v) is 6.02. The van der Waals surface area contributed by atoms with Crippen molar-refractivity contribution >= 4 is 0 Å². The molecule has 3 nitrogen and oxygen atoms in total. The van der Waals surface area contributed by atoms with E-state index in [-0.39, 0.29) is 11.5 Å². The number of hydrogen-bond donors (Lipinski definition) is 1. The van der Waals surface area contributed by atoms with Gasteiger partial charge in [0.1, 0.15) is 11.4 Å². The lowest BCUT2D eigenvalue weighted by Crippen LogP contribution is -2.58. The number of nitrogens with zero attached hydrogens (tertiary/aromatic N) is 1. The molecule has 2 fully saturated rings. The van der Waals surface area contributed by atoms with Gasteiger partial charge in [-0.3, -0.25) is 0 Å². The fourth-order valence-corrected chi connectivity index (χ4v) is 5.45. The van der Waals surface area contributed by atoms with Gasteiger partial charge in [-0.15, -0.1) is 0 Å². The Kier molecular flexibility index (Phi) is 3.77. The van der Waals surface area contributed by atoms with E-state index in [1.807, 2.05) is 12.1 Å².